The number of rotatable bonds is 5. The van der Waals surface area contributed by atoms with Crippen LogP contribution in [-0.4, -0.2) is 19.6 Å². The van der Waals surface area contributed by atoms with Gasteiger partial charge in [0.05, 0.1) is 18.6 Å². The summed E-state index contributed by atoms with van der Waals surface area (Å²) in [4.78, 5) is 12.6. The number of hydrogen-bond acceptors (Lipinski definition) is 3. The van der Waals surface area contributed by atoms with Crippen LogP contribution in [0.25, 0.3) is 0 Å². The summed E-state index contributed by atoms with van der Waals surface area (Å²) in [6.07, 6.45) is 5.22. The van der Waals surface area contributed by atoms with Gasteiger partial charge in [-0.05, 0) is 37.5 Å². The van der Waals surface area contributed by atoms with Crippen molar-refractivity contribution >= 4 is 5.91 Å². The number of carbonyl (C=O) groups is 1. The average Bonchev–Trinajstić information content (AvgIpc) is 2.55. The van der Waals surface area contributed by atoms with Crippen molar-refractivity contribution in [1.29, 1.82) is 0 Å². The summed E-state index contributed by atoms with van der Waals surface area (Å²) in [5, 5.41) is 3.14. The van der Waals surface area contributed by atoms with Gasteiger partial charge in [0.1, 0.15) is 5.75 Å². The molecule has 1 aliphatic rings. The summed E-state index contributed by atoms with van der Waals surface area (Å²) in [6.45, 7) is 2.45. The van der Waals surface area contributed by atoms with Crippen molar-refractivity contribution < 1.29 is 9.53 Å². The molecule has 0 saturated heterocycles. The fraction of sp³-hybridized carbons (Fsp3) is 0.588. The molecule has 0 aliphatic heterocycles. The van der Waals surface area contributed by atoms with Gasteiger partial charge in [-0.2, -0.15) is 0 Å². The van der Waals surface area contributed by atoms with E-state index in [4.69, 9.17) is 10.5 Å². The van der Waals surface area contributed by atoms with Gasteiger partial charge in [-0.1, -0.05) is 31.4 Å². The van der Waals surface area contributed by atoms with Crippen LogP contribution in [0, 0.1) is 5.41 Å². The number of nitrogens with one attached hydrogen (secondary N) is 1. The molecule has 0 bridgehead atoms. The topological polar surface area (TPSA) is 64.3 Å². The van der Waals surface area contributed by atoms with E-state index in [0.717, 1.165) is 37.0 Å². The Morgan fingerprint density at radius 1 is 1.29 bits per heavy atom. The maximum atomic E-state index is 12.6. The van der Waals surface area contributed by atoms with E-state index in [1.165, 1.54) is 6.42 Å². The minimum absolute atomic E-state index is 0.0197. The van der Waals surface area contributed by atoms with E-state index in [-0.39, 0.29) is 17.4 Å². The quantitative estimate of drug-likeness (QED) is 0.876. The Labute approximate surface area is 127 Å². The Morgan fingerprint density at radius 3 is 2.43 bits per heavy atom. The van der Waals surface area contributed by atoms with Crippen LogP contribution in [0.1, 0.15) is 50.6 Å². The number of methoxy groups -OCH3 is 1. The lowest BCUT2D eigenvalue weighted by atomic mass is 9.73. The van der Waals surface area contributed by atoms with E-state index in [0.29, 0.717) is 6.54 Å². The molecular weight excluding hydrogens is 264 g/mol. The Balaban J connectivity index is 2.03. The van der Waals surface area contributed by atoms with Gasteiger partial charge in [-0.3, -0.25) is 4.79 Å². The molecule has 0 radical (unpaired) electrons. The lowest BCUT2D eigenvalue weighted by Crippen LogP contribution is -2.47. The van der Waals surface area contributed by atoms with Gasteiger partial charge >= 0.3 is 0 Å². The standard InChI is InChI=1S/C17H26N2O2/c1-13(14-6-8-15(21-2)9-7-14)19-16(20)17(12-18)10-4-3-5-11-17/h6-9,13H,3-5,10-12,18H2,1-2H3,(H,19,20). The van der Waals surface area contributed by atoms with E-state index < -0.39 is 0 Å². The molecule has 1 atom stereocenters. The molecule has 1 fully saturated rings. The maximum Gasteiger partial charge on any atom is 0.227 e. The Morgan fingerprint density at radius 2 is 1.90 bits per heavy atom. The summed E-state index contributed by atoms with van der Waals surface area (Å²) in [5.74, 6) is 0.927. The first-order valence-electron chi connectivity index (χ1n) is 7.76. The predicted molar refractivity (Wildman–Crippen MR) is 84.1 cm³/mol. The minimum Gasteiger partial charge on any atom is -0.497 e. The Hall–Kier alpha value is -1.55. The van der Waals surface area contributed by atoms with E-state index in [9.17, 15) is 4.79 Å². The van der Waals surface area contributed by atoms with Gasteiger partial charge in [0.2, 0.25) is 5.91 Å². The van der Waals surface area contributed by atoms with Crippen molar-refractivity contribution in [3.05, 3.63) is 29.8 Å². The third kappa shape index (κ3) is 3.56. The molecule has 4 nitrogen and oxygen atoms in total. The molecule has 4 heteroatoms. The second kappa shape index (κ2) is 6.94. The van der Waals surface area contributed by atoms with Crippen LogP contribution in [0.5, 0.6) is 5.75 Å². The Bertz CT molecular complexity index is 464. The molecule has 1 aromatic rings. The number of nitrogens with two attached hydrogens (primary N) is 1. The lowest BCUT2D eigenvalue weighted by Gasteiger charge is -2.35. The highest BCUT2D eigenvalue weighted by molar-refractivity contribution is 5.83. The third-order valence-electron chi connectivity index (χ3n) is 4.65. The van der Waals surface area contributed by atoms with Gasteiger partial charge in [0.15, 0.2) is 0 Å². The molecule has 1 aromatic carbocycles. The van der Waals surface area contributed by atoms with Gasteiger partial charge in [0, 0.05) is 6.54 Å². The fourth-order valence-corrected chi connectivity index (χ4v) is 3.08. The number of amides is 1. The van der Waals surface area contributed by atoms with Gasteiger partial charge in [0.25, 0.3) is 0 Å². The molecular formula is C17H26N2O2. The number of carbonyl (C=O) groups excluding carboxylic acids is 1. The monoisotopic (exact) mass is 290 g/mol. The van der Waals surface area contributed by atoms with Crippen molar-refractivity contribution in [2.24, 2.45) is 11.1 Å². The summed E-state index contributed by atoms with van der Waals surface area (Å²) >= 11 is 0. The van der Waals surface area contributed by atoms with Gasteiger partial charge in [-0.15, -0.1) is 0 Å². The zero-order chi connectivity index (χ0) is 15.3. The first-order chi connectivity index (χ1) is 10.1. The van der Waals surface area contributed by atoms with E-state index in [1.54, 1.807) is 7.11 Å². The van der Waals surface area contributed by atoms with Gasteiger partial charge in [-0.25, -0.2) is 0 Å². The van der Waals surface area contributed by atoms with E-state index in [2.05, 4.69) is 5.32 Å². The molecule has 1 amide bonds. The lowest BCUT2D eigenvalue weighted by molar-refractivity contribution is -0.133. The maximum absolute atomic E-state index is 12.6. The smallest absolute Gasteiger partial charge is 0.227 e. The summed E-state index contributed by atoms with van der Waals surface area (Å²) in [5.41, 5.74) is 6.63. The minimum atomic E-state index is -0.362. The van der Waals surface area contributed by atoms with E-state index in [1.807, 2.05) is 31.2 Å². The number of ether oxygens (including phenoxy) is 1. The normalized spacial score (nSPS) is 18.8. The third-order valence-corrected chi connectivity index (χ3v) is 4.65. The van der Waals surface area contributed by atoms with E-state index >= 15 is 0 Å². The highest BCUT2D eigenvalue weighted by atomic mass is 16.5. The molecule has 0 heterocycles. The molecule has 21 heavy (non-hydrogen) atoms. The molecule has 0 aromatic heterocycles. The molecule has 1 saturated carbocycles. The summed E-state index contributed by atoms with van der Waals surface area (Å²) in [6, 6.07) is 7.78. The summed E-state index contributed by atoms with van der Waals surface area (Å²) < 4.78 is 5.15. The molecule has 116 valence electrons. The predicted octanol–water partition coefficient (Wildman–Crippen LogP) is 2.78. The number of benzene rings is 1. The van der Waals surface area contributed by atoms with Gasteiger partial charge < -0.3 is 15.8 Å². The van der Waals surface area contributed by atoms with Crippen LogP contribution in [0.2, 0.25) is 0 Å². The number of hydrogen-bond donors (Lipinski definition) is 2. The van der Waals surface area contributed by atoms with Crippen LogP contribution >= 0.6 is 0 Å². The highest BCUT2D eigenvalue weighted by Crippen LogP contribution is 2.36. The largest absolute Gasteiger partial charge is 0.497 e. The zero-order valence-corrected chi connectivity index (χ0v) is 13.0. The van der Waals surface area contributed by atoms with Crippen LogP contribution < -0.4 is 15.8 Å². The van der Waals surface area contributed by atoms with Crippen molar-refractivity contribution in [3.63, 3.8) is 0 Å². The molecule has 2 rings (SSSR count). The van der Waals surface area contributed by atoms with Crippen molar-refractivity contribution in [3.8, 4) is 5.75 Å². The summed E-state index contributed by atoms with van der Waals surface area (Å²) in [7, 11) is 1.65. The van der Waals surface area contributed by atoms with Crippen LogP contribution in [0.3, 0.4) is 0 Å². The van der Waals surface area contributed by atoms with Crippen molar-refractivity contribution in [1.82, 2.24) is 5.32 Å². The first-order valence-corrected chi connectivity index (χ1v) is 7.76. The molecule has 1 aliphatic carbocycles. The fourth-order valence-electron chi connectivity index (χ4n) is 3.08. The van der Waals surface area contributed by atoms with Crippen molar-refractivity contribution in [2.75, 3.05) is 13.7 Å². The molecule has 0 spiro atoms. The SMILES string of the molecule is COc1ccc(C(C)NC(=O)C2(CN)CCCCC2)cc1. The molecule has 1 unspecified atom stereocenters. The van der Waals surface area contributed by atoms with Crippen LogP contribution in [0.4, 0.5) is 0 Å². The van der Waals surface area contributed by atoms with Crippen LogP contribution in [-0.2, 0) is 4.79 Å². The molecule has 3 N–H and O–H groups in total. The average molecular weight is 290 g/mol. The van der Waals surface area contributed by atoms with Crippen LogP contribution in [0.15, 0.2) is 24.3 Å². The zero-order valence-electron chi connectivity index (χ0n) is 13.0. The van der Waals surface area contributed by atoms with Crippen molar-refractivity contribution in [2.45, 2.75) is 45.1 Å². The second-order valence-electron chi connectivity index (χ2n) is 6.01. The Kier molecular flexibility index (Phi) is 5.23. The second-order valence-corrected chi connectivity index (χ2v) is 6.01. The first kappa shape index (κ1) is 15.8. The highest BCUT2D eigenvalue weighted by Gasteiger charge is 2.38.